The lowest BCUT2D eigenvalue weighted by Crippen LogP contribution is -2.69. The normalized spacial score (nSPS) is 46.7. The minimum absolute atomic E-state index is 0.0994. The Morgan fingerprint density at radius 3 is 1.39 bits per heavy atom. The van der Waals surface area contributed by atoms with E-state index in [4.69, 9.17) is 48.4 Å². The standard InChI is InChI=1S/C36H63N3O26S/c37-17-21(50)28(62-35-27(56)31(20(49)12(7-42)59-35)65-34-25(54)22(51)18(47)10(5-40)58-34)14(9-44)61-33(17)64-30-19(48)11(6-41)60-36(26(30)55)63-29-13(8-43)57-32(24(53)23(29)52)39-16(46)4-38-15(45)2-1-3-66/h10-14,17-36,40-44,47-56,66H,1-9,37H2,(H,38,45)(H,39,46)/t10?,11?,12?,13?,14?,17?,18-,19+,20-,21?,22?,23?,24?,25?,26?,27?,28+,29-,30?,31?,32?,33+,34?,35?,36+/m1/s1. The topological polar surface area (TPSA) is 471 Å². The van der Waals surface area contributed by atoms with Gasteiger partial charge in [-0.1, -0.05) is 0 Å². The molecule has 5 saturated heterocycles. The van der Waals surface area contributed by atoms with Crippen LogP contribution in [-0.4, -0.2) is 287 Å². The number of carbonyl (C=O) groups excluding carboxylic acids is 2. The van der Waals surface area contributed by atoms with Crippen molar-refractivity contribution in [1.29, 1.82) is 0 Å². The van der Waals surface area contributed by atoms with Crippen LogP contribution in [-0.2, 0) is 52.2 Å². The predicted octanol–water partition coefficient (Wildman–Crippen LogP) is -12.0. The molecule has 0 aromatic rings. The van der Waals surface area contributed by atoms with E-state index in [9.17, 15) is 86.2 Å². The first-order valence-electron chi connectivity index (χ1n) is 21.0. The molecular formula is C36H63N3O26S. The van der Waals surface area contributed by atoms with E-state index in [1.54, 1.807) is 0 Å². The van der Waals surface area contributed by atoms with Crippen LogP contribution in [0.2, 0.25) is 0 Å². The maximum Gasteiger partial charge on any atom is 0.241 e. The quantitative estimate of drug-likeness (QED) is 0.0534. The first kappa shape index (κ1) is 55.2. The van der Waals surface area contributed by atoms with E-state index < -0.39 is 205 Å². The molecule has 18 unspecified atom stereocenters. The Balaban J connectivity index is 1.24. The molecule has 0 saturated carbocycles. The van der Waals surface area contributed by atoms with Crippen molar-refractivity contribution in [3.63, 3.8) is 0 Å². The van der Waals surface area contributed by atoms with Crippen LogP contribution >= 0.6 is 12.6 Å². The maximum atomic E-state index is 12.5. The number of aliphatic hydroxyl groups excluding tert-OH is 15. The van der Waals surface area contributed by atoms with Gasteiger partial charge in [-0.15, -0.1) is 0 Å². The van der Waals surface area contributed by atoms with Gasteiger partial charge in [-0.05, 0) is 12.2 Å². The van der Waals surface area contributed by atoms with Crippen molar-refractivity contribution >= 4 is 24.4 Å². The van der Waals surface area contributed by atoms with E-state index in [2.05, 4.69) is 23.3 Å². The maximum absolute atomic E-state index is 12.5. The van der Waals surface area contributed by atoms with Crippen molar-refractivity contribution in [3.8, 4) is 0 Å². The molecule has 19 N–H and O–H groups in total. The molecule has 0 radical (unpaired) electrons. The van der Waals surface area contributed by atoms with E-state index in [0.717, 1.165) is 0 Å². The highest BCUT2D eigenvalue weighted by atomic mass is 32.1. The predicted molar refractivity (Wildman–Crippen MR) is 211 cm³/mol. The molecule has 0 aromatic carbocycles. The highest BCUT2D eigenvalue weighted by molar-refractivity contribution is 7.80. The van der Waals surface area contributed by atoms with Gasteiger partial charge in [-0.2, -0.15) is 12.6 Å². The van der Waals surface area contributed by atoms with Gasteiger partial charge in [0.2, 0.25) is 11.8 Å². The van der Waals surface area contributed by atoms with Crippen molar-refractivity contribution < 1.29 is 129 Å². The number of ether oxygens (including phenoxy) is 9. The minimum Gasteiger partial charge on any atom is -0.394 e. The van der Waals surface area contributed by atoms with Gasteiger partial charge < -0.3 is 136 Å². The molecule has 384 valence electrons. The van der Waals surface area contributed by atoms with Crippen LogP contribution in [0.15, 0.2) is 0 Å². The van der Waals surface area contributed by atoms with E-state index in [1.165, 1.54) is 0 Å². The Morgan fingerprint density at radius 1 is 0.470 bits per heavy atom. The van der Waals surface area contributed by atoms with Gasteiger partial charge in [-0.3, -0.25) is 9.59 Å². The molecule has 5 aliphatic rings. The SMILES string of the molecule is NC1C(O)[C@@H](OC2OC(CO)[C@@H](O)C(OC3OC(CO)[C@@H](O)C(O)C3O)C2O)C(CO)O[C@H]1OC1C(O)[C@H](O[C@@H]2C(CO)OC(NC(=O)CNC(=O)CCCS)C(O)C2O)OC(CO)[C@@H]1O. The second kappa shape index (κ2) is 24.9. The lowest BCUT2D eigenvalue weighted by Gasteiger charge is -2.50. The molecular weight excluding hydrogens is 922 g/mol. The fourth-order valence-corrected chi connectivity index (χ4v) is 8.08. The van der Waals surface area contributed by atoms with Crippen LogP contribution < -0.4 is 16.4 Å². The van der Waals surface area contributed by atoms with E-state index in [0.29, 0.717) is 12.2 Å². The second-order valence-corrected chi connectivity index (χ2v) is 16.7. The first-order valence-corrected chi connectivity index (χ1v) is 21.7. The number of aliphatic hydroxyl groups is 15. The minimum atomic E-state index is -2.09. The molecule has 5 rings (SSSR count). The summed E-state index contributed by atoms with van der Waals surface area (Å²) in [7, 11) is 0. The fraction of sp³-hybridized carbons (Fsp3) is 0.944. The zero-order valence-corrected chi connectivity index (χ0v) is 35.9. The molecule has 0 aromatic heterocycles. The van der Waals surface area contributed by atoms with Crippen LogP contribution in [0, 0.1) is 0 Å². The molecule has 0 bridgehead atoms. The van der Waals surface area contributed by atoms with E-state index >= 15 is 0 Å². The Bertz CT molecular complexity index is 1510. The van der Waals surface area contributed by atoms with Gasteiger partial charge in [0, 0.05) is 6.42 Å². The van der Waals surface area contributed by atoms with Crippen molar-refractivity contribution in [3.05, 3.63) is 0 Å². The summed E-state index contributed by atoms with van der Waals surface area (Å²) in [4.78, 5) is 24.4. The number of hydrogen-bond donors (Lipinski definition) is 19. The second-order valence-electron chi connectivity index (χ2n) is 16.2. The number of thiol groups is 1. The molecule has 30 heteroatoms. The zero-order valence-electron chi connectivity index (χ0n) is 35.0. The Hall–Kier alpha value is -1.71. The number of rotatable bonds is 19. The number of hydrogen-bond acceptors (Lipinski definition) is 28. The number of nitrogens with two attached hydrogens (primary N) is 1. The zero-order chi connectivity index (χ0) is 48.7. The van der Waals surface area contributed by atoms with Crippen molar-refractivity contribution in [2.24, 2.45) is 5.73 Å². The highest BCUT2D eigenvalue weighted by Gasteiger charge is 2.56. The highest BCUT2D eigenvalue weighted by Crippen LogP contribution is 2.35. The van der Waals surface area contributed by atoms with Crippen LogP contribution in [0.25, 0.3) is 0 Å². The molecule has 5 aliphatic heterocycles. The van der Waals surface area contributed by atoms with E-state index in [-0.39, 0.29) is 6.42 Å². The summed E-state index contributed by atoms with van der Waals surface area (Å²) >= 11 is 4.01. The third-order valence-electron chi connectivity index (χ3n) is 11.7. The summed E-state index contributed by atoms with van der Waals surface area (Å²) in [5.74, 6) is -0.838. The Morgan fingerprint density at radius 2 is 0.894 bits per heavy atom. The molecule has 5 fully saturated rings. The van der Waals surface area contributed by atoms with Crippen LogP contribution in [0.5, 0.6) is 0 Å². The smallest absolute Gasteiger partial charge is 0.241 e. The summed E-state index contributed by atoms with van der Waals surface area (Å²) in [6, 6.07) is -1.70. The Kier molecular flexibility index (Phi) is 20.8. The summed E-state index contributed by atoms with van der Waals surface area (Å²) < 4.78 is 50.6. The van der Waals surface area contributed by atoms with Gasteiger partial charge in [0.25, 0.3) is 0 Å². The van der Waals surface area contributed by atoms with Gasteiger partial charge in [0.15, 0.2) is 31.4 Å². The molecule has 5 heterocycles. The molecule has 2 amide bonds. The number of nitrogens with one attached hydrogen (secondary N) is 2. The third kappa shape index (κ3) is 12.4. The Labute approximate surface area is 380 Å². The summed E-state index contributed by atoms with van der Waals surface area (Å²) in [5, 5.41) is 163. The molecule has 25 atom stereocenters. The van der Waals surface area contributed by atoms with Gasteiger partial charge in [0.05, 0.1) is 45.6 Å². The summed E-state index contributed by atoms with van der Waals surface area (Å²) in [5.41, 5.74) is 6.28. The molecule has 0 spiro atoms. The van der Waals surface area contributed by atoms with Crippen molar-refractivity contribution in [1.82, 2.24) is 10.6 Å². The van der Waals surface area contributed by atoms with Crippen molar-refractivity contribution in [2.45, 2.75) is 166 Å². The number of amides is 2. The monoisotopic (exact) mass is 985 g/mol. The third-order valence-corrected chi connectivity index (χ3v) is 12.0. The van der Waals surface area contributed by atoms with Crippen LogP contribution in [0.3, 0.4) is 0 Å². The van der Waals surface area contributed by atoms with Gasteiger partial charge in [0.1, 0.15) is 116 Å². The number of carbonyl (C=O) groups is 2. The van der Waals surface area contributed by atoms with Gasteiger partial charge in [-0.25, -0.2) is 0 Å². The molecule has 66 heavy (non-hydrogen) atoms. The van der Waals surface area contributed by atoms with Crippen molar-refractivity contribution in [2.75, 3.05) is 45.3 Å². The molecule has 29 nitrogen and oxygen atoms in total. The summed E-state index contributed by atoms with van der Waals surface area (Å²) in [6.07, 6.45) is -43.1. The average molecular weight is 986 g/mol. The largest absolute Gasteiger partial charge is 0.394 e. The first-order chi connectivity index (χ1) is 31.3. The lowest BCUT2D eigenvalue weighted by molar-refractivity contribution is -0.384. The van der Waals surface area contributed by atoms with Crippen LogP contribution in [0.4, 0.5) is 0 Å². The van der Waals surface area contributed by atoms with E-state index in [1.807, 2.05) is 0 Å². The fourth-order valence-electron chi connectivity index (χ4n) is 7.92. The lowest BCUT2D eigenvalue weighted by atomic mass is 9.94. The van der Waals surface area contributed by atoms with Crippen LogP contribution in [0.1, 0.15) is 12.8 Å². The average Bonchev–Trinajstić information content (AvgIpc) is 3.30. The van der Waals surface area contributed by atoms with Gasteiger partial charge >= 0.3 is 0 Å². The summed E-state index contributed by atoms with van der Waals surface area (Å²) in [6.45, 7) is -5.10. The molecule has 0 aliphatic carbocycles.